The summed E-state index contributed by atoms with van der Waals surface area (Å²) in [6.45, 7) is 0. The third-order valence-corrected chi connectivity index (χ3v) is 12.4. The fraction of sp³-hybridized carbons (Fsp3) is 0. The zero-order valence-electron chi connectivity index (χ0n) is 34.4. The number of fused-ring (bicyclic) bond motifs is 6. The summed E-state index contributed by atoms with van der Waals surface area (Å²) in [6.07, 6.45) is 0. The van der Waals surface area contributed by atoms with E-state index < -0.39 is 0 Å². The first-order valence-electron chi connectivity index (χ1n) is 21.5. The Balaban J connectivity index is 0.881. The van der Waals surface area contributed by atoms with E-state index in [4.69, 9.17) is 4.42 Å². The molecule has 0 spiro atoms. The van der Waals surface area contributed by atoms with E-state index in [2.05, 4.69) is 240 Å². The largest absolute Gasteiger partial charge is 0.456 e. The molecule has 0 fully saturated rings. The molecule has 63 heavy (non-hydrogen) atoms. The van der Waals surface area contributed by atoms with Crippen LogP contribution in [0.15, 0.2) is 247 Å². The number of para-hydroxylation sites is 3. The quantitative estimate of drug-likeness (QED) is 0.153. The summed E-state index contributed by atoms with van der Waals surface area (Å²) in [5.74, 6) is 0. The average molecular weight is 805 g/mol. The molecule has 0 atom stereocenters. The van der Waals surface area contributed by atoms with E-state index in [1.807, 2.05) is 12.1 Å². The molecule has 0 saturated heterocycles. The highest BCUT2D eigenvalue weighted by Crippen LogP contribution is 2.41. The van der Waals surface area contributed by atoms with Crippen molar-refractivity contribution in [1.82, 2.24) is 4.57 Å². The van der Waals surface area contributed by atoms with E-state index in [0.29, 0.717) is 0 Å². The molecule has 0 saturated carbocycles. The van der Waals surface area contributed by atoms with Gasteiger partial charge < -0.3 is 13.9 Å². The minimum Gasteiger partial charge on any atom is -0.456 e. The maximum atomic E-state index is 6.22. The minimum absolute atomic E-state index is 0.883. The summed E-state index contributed by atoms with van der Waals surface area (Å²) >= 11 is 0. The SMILES string of the molecule is c1ccc(-c2ccc(N(c3ccc(-c4cccc(-c5cccc(-c6ccc7c(c6)c6ccccc6n7-c6ccccc6)c5)c4)cc3)c3ccc4oc5ccccc5c4c3)cc2)cc1. The molecule has 0 aliphatic heterocycles. The van der Waals surface area contributed by atoms with Crippen LogP contribution >= 0.6 is 0 Å². The third kappa shape index (κ3) is 6.55. The van der Waals surface area contributed by atoms with Crippen molar-refractivity contribution in [3.05, 3.63) is 243 Å². The van der Waals surface area contributed by atoms with Gasteiger partial charge in [-0.2, -0.15) is 0 Å². The molecule has 0 unspecified atom stereocenters. The van der Waals surface area contributed by atoms with Crippen molar-refractivity contribution >= 4 is 60.8 Å². The Labute approximate surface area is 366 Å². The van der Waals surface area contributed by atoms with Gasteiger partial charge in [0.15, 0.2) is 0 Å². The van der Waals surface area contributed by atoms with Crippen molar-refractivity contribution < 1.29 is 4.42 Å². The number of benzene rings is 10. The van der Waals surface area contributed by atoms with Crippen molar-refractivity contribution in [2.75, 3.05) is 4.90 Å². The highest BCUT2D eigenvalue weighted by atomic mass is 16.3. The molecule has 0 amide bonds. The average Bonchev–Trinajstić information content (AvgIpc) is 3.90. The standard InChI is InChI=1S/C60H40N2O/c1-3-13-41(14-4-1)42-25-30-50(31-26-42)61(52-34-36-60-56(40-52)54-22-8-10-24-59(54)63-60)51-32-27-43(28-33-51)44-15-11-16-45(37-44)46-17-12-18-47(38-46)48-29-35-58-55(39-48)53-21-7-9-23-57(53)62(58)49-19-5-2-6-20-49/h1-40H. The van der Waals surface area contributed by atoms with Crippen molar-refractivity contribution in [3.8, 4) is 50.2 Å². The fourth-order valence-corrected chi connectivity index (χ4v) is 9.30. The van der Waals surface area contributed by atoms with Crippen molar-refractivity contribution in [2.45, 2.75) is 0 Å². The second kappa shape index (κ2) is 15.3. The van der Waals surface area contributed by atoms with E-state index in [1.54, 1.807) is 0 Å². The second-order valence-electron chi connectivity index (χ2n) is 16.2. The highest BCUT2D eigenvalue weighted by molar-refractivity contribution is 6.10. The molecule has 0 N–H and O–H groups in total. The molecule has 0 aliphatic carbocycles. The molecule has 2 aromatic heterocycles. The number of nitrogens with zero attached hydrogens (tertiary/aromatic N) is 2. The van der Waals surface area contributed by atoms with Crippen molar-refractivity contribution in [3.63, 3.8) is 0 Å². The maximum absolute atomic E-state index is 6.22. The van der Waals surface area contributed by atoms with Crippen LogP contribution in [0.5, 0.6) is 0 Å². The van der Waals surface area contributed by atoms with Crippen molar-refractivity contribution in [2.24, 2.45) is 0 Å². The maximum Gasteiger partial charge on any atom is 0.135 e. The van der Waals surface area contributed by atoms with Crippen LogP contribution in [-0.4, -0.2) is 4.57 Å². The highest BCUT2D eigenvalue weighted by Gasteiger charge is 2.17. The molecule has 0 radical (unpaired) electrons. The summed E-state index contributed by atoms with van der Waals surface area (Å²) in [7, 11) is 0. The van der Waals surface area contributed by atoms with Gasteiger partial charge in [-0.3, -0.25) is 0 Å². The van der Waals surface area contributed by atoms with Crippen LogP contribution in [0.2, 0.25) is 0 Å². The van der Waals surface area contributed by atoms with E-state index >= 15 is 0 Å². The lowest BCUT2D eigenvalue weighted by atomic mass is 9.95. The predicted octanol–water partition coefficient (Wildman–Crippen LogP) is 16.8. The number of hydrogen-bond acceptors (Lipinski definition) is 2. The van der Waals surface area contributed by atoms with E-state index in [-0.39, 0.29) is 0 Å². The van der Waals surface area contributed by atoms with Crippen molar-refractivity contribution in [1.29, 1.82) is 0 Å². The summed E-state index contributed by atoms with van der Waals surface area (Å²) in [5.41, 5.74) is 18.1. The molecular formula is C60H40N2O. The van der Waals surface area contributed by atoms with Gasteiger partial charge in [-0.25, -0.2) is 0 Å². The number of aromatic nitrogens is 1. The van der Waals surface area contributed by atoms with Gasteiger partial charge in [-0.15, -0.1) is 0 Å². The lowest BCUT2D eigenvalue weighted by Gasteiger charge is -2.26. The topological polar surface area (TPSA) is 21.3 Å². The summed E-state index contributed by atoms with van der Waals surface area (Å²) in [6, 6.07) is 87.1. The van der Waals surface area contributed by atoms with E-state index in [1.165, 1.54) is 66.4 Å². The Hall–Kier alpha value is -8.40. The van der Waals surface area contributed by atoms with Crippen LogP contribution in [0.3, 0.4) is 0 Å². The molecule has 2 heterocycles. The minimum atomic E-state index is 0.883. The van der Waals surface area contributed by atoms with E-state index in [9.17, 15) is 0 Å². The van der Waals surface area contributed by atoms with Gasteiger partial charge in [0.25, 0.3) is 0 Å². The number of rotatable bonds is 8. The van der Waals surface area contributed by atoms with E-state index in [0.717, 1.165) is 44.6 Å². The molecule has 10 aromatic carbocycles. The number of furan rings is 1. The summed E-state index contributed by atoms with van der Waals surface area (Å²) in [5, 5.41) is 4.72. The molecule has 3 nitrogen and oxygen atoms in total. The Morgan fingerprint density at radius 3 is 1.41 bits per heavy atom. The first-order chi connectivity index (χ1) is 31.2. The first kappa shape index (κ1) is 36.5. The van der Waals surface area contributed by atoms with Crippen LogP contribution in [0.4, 0.5) is 17.1 Å². The molecule has 296 valence electrons. The lowest BCUT2D eigenvalue weighted by Crippen LogP contribution is -2.09. The Bertz CT molecular complexity index is 3600. The monoisotopic (exact) mass is 804 g/mol. The summed E-state index contributed by atoms with van der Waals surface area (Å²) in [4.78, 5) is 2.33. The van der Waals surface area contributed by atoms with Crippen LogP contribution in [0.1, 0.15) is 0 Å². The molecule has 0 aliphatic rings. The smallest absolute Gasteiger partial charge is 0.135 e. The Kier molecular flexibility index (Phi) is 8.83. The lowest BCUT2D eigenvalue weighted by molar-refractivity contribution is 0.669. The van der Waals surface area contributed by atoms with Gasteiger partial charge in [0.1, 0.15) is 11.2 Å². The van der Waals surface area contributed by atoms with Gasteiger partial charge in [0.05, 0.1) is 11.0 Å². The Morgan fingerprint density at radius 1 is 0.270 bits per heavy atom. The van der Waals surface area contributed by atoms with Crippen LogP contribution < -0.4 is 4.90 Å². The fourth-order valence-electron chi connectivity index (χ4n) is 9.30. The third-order valence-electron chi connectivity index (χ3n) is 12.4. The van der Waals surface area contributed by atoms with Gasteiger partial charge in [-0.1, -0.05) is 152 Å². The first-order valence-corrected chi connectivity index (χ1v) is 21.5. The summed E-state index contributed by atoms with van der Waals surface area (Å²) < 4.78 is 8.59. The normalized spacial score (nSPS) is 11.5. The Morgan fingerprint density at radius 2 is 0.730 bits per heavy atom. The molecule has 0 bridgehead atoms. The van der Waals surface area contributed by atoms with Gasteiger partial charge in [0.2, 0.25) is 0 Å². The molecule has 12 rings (SSSR count). The number of anilines is 3. The predicted molar refractivity (Wildman–Crippen MR) is 264 cm³/mol. The van der Waals surface area contributed by atoms with Crippen LogP contribution in [-0.2, 0) is 0 Å². The molecular weight excluding hydrogens is 765 g/mol. The van der Waals surface area contributed by atoms with Gasteiger partial charge >= 0.3 is 0 Å². The van der Waals surface area contributed by atoms with Crippen LogP contribution in [0.25, 0.3) is 93.9 Å². The zero-order chi connectivity index (χ0) is 41.7. The zero-order valence-corrected chi connectivity index (χ0v) is 34.4. The van der Waals surface area contributed by atoms with Gasteiger partial charge in [-0.05, 0) is 136 Å². The number of hydrogen-bond donors (Lipinski definition) is 0. The van der Waals surface area contributed by atoms with Crippen LogP contribution in [0, 0.1) is 0 Å². The van der Waals surface area contributed by atoms with Gasteiger partial charge in [0, 0.05) is 44.3 Å². The second-order valence-corrected chi connectivity index (χ2v) is 16.2. The molecule has 3 heteroatoms. The molecule has 12 aromatic rings.